The van der Waals surface area contributed by atoms with E-state index in [4.69, 9.17) is 15.6 Å². The van der Waals surface area contributed by atoms with Gasteiger partial charge in [0, 0.05) is 12.2 Å². The fourth-order valence-electron chi connectivity index (χ4n) is 2.10. The van der Waals surface area contributed by atoms with Crippen LogP contribution >= 0.6 is 11.8 Å². The summed E-state index contributed by atoms with van der Waals surface area (Å²) in [5, 5.41) is 8.89. The van der Waals surface area contributed by atoms with Gasteiger partial charge in [0.25, 0.3) is 0 Å². The molecule has 2 atom stereocenters. The van der Waals surface area contributed by atoms with Crippen LogP contribution in [0, 0.1) is 0 Å². The summed E-state index contributed by atoms with van der Waals surface area (Å²) in [6, 6.07) is 6.68. The highest BCUT2D eigenvalue weighted by Gasteiger charge is 2.19. The third kappa shape index (κ3) is 4.14. The smallest absolute Gasteiger partial charge is 0.320 e. The molecule has 5 heteroatoms. The van der Waals surface area contributed by atoms with Crippen molar-refractivity contribution in [2.45, 2.75) is 31.4 Å². The van der Waals surface area contributed by atoms with Crippen molar-refractivity contribution in [2.24, 2.45) is 5.73 Å². The highest BCUT2D eigenvalue weighted by Crippen LogP contribution is 2.25. The second-order valence-corrected chi connectivity index (χ2v) is 5.86. The van der Waals surface area contributed by atoms with Gasteiger partial charge in [-0.15, -0.1) is 0 Å². The van der Waals surface area contributed by atoms with Crippen LogP contribution in [0.3, 0.4) is 0 Å². The third-order valence-corrected chi connectivity index (χ3v) is 4.33. The van der Waals surface area contributed by atoms with E-state index in [-0.39, 0.29) is 6.10 Å². The number of nitrogens with two attached hydrogens (primary N) is 1. The van der Waals surface area contributed by atoms with Crippen molar-refractivity contribution in [3.8, 4) is 5.75 Å². The van der Waals surface area contributed by atoms with Crippen LogP contribution in [0.4, 0.5) is 0 Å². The summed E-state index contributed by atoms with van der Waals surface area (Å²) in [6.45, 7) is 0. The molecule has 2 unspecified atom stereocenters. The second kappa shape index (κ2) is 6.82. The average Bonchev–Trinajstić information content (AvgIpc) is 2.42. The quantitative estimate of drug-likeness (QED) is 0.862. The number of carbonyl (C=O) groups is 1. The summed E-state index contributed by atoms with van der Waals surface area (Å²) in [4.78, 5) is 10.8. The van der Waals surface area contributed by atoms with Crippen molar-refractivity contribution >= 4 is 17.7 Å². The number of para-hydroxylation sites is 1. The van der Waals surface area contributed by atoms with Gasteiger partial charge < -0.3 is 15.6 Å². The maximum Gasteiger partial charge on any atom is 0.320 e. The van der Waals surface area contributed by atoms with Gasteiger partial charge in [-0.1, -0.05) is 18.2 Å². The Morgan fingerprint density at radius 2 is 2.32 bits per heavy atom. The Bertz CT molecular complexity index is 432. The minimum absolute atomic E-state index is 0.223. The topological polar surface area (TPSA) is 72.5 Å². The van der Waals surface area contributed by atoms with E-state index >= 15 is 0 Å². The lowest BCUT2D eigenvalue weighted by Gasteiger charge is -2.24. The Morgan fingerprint density at radius 3 is 3.00 bits per heavy atom. The van der Waals surface area contributed by atoms with Crippen molar-refractivity contribution in [2.75, 3.05) is 11.5 Å². The van der Waals surface area contributed by atoms with Crippen molar-refractivity contribution < 1.29 is 14.6 Å². The Balaban J connectivity index is 2.04. The van der Waals surface area contributed by atoms with Gasteiger partial charge >= 0.3 is 5.97 Å². The van der Waals surface area contributed by atoms with Crippen LogP contribution in [-0.2, 0) is 11.2 Å². The average molecular weight is 281 g/mol. The van der Waals surface area contributed by atoms with Crippen LogP contribution in [0.1, 0.15) is 18.4 Å². The van der Waals surface area contributed by atoms with E-state index in [2.05, 4.69) is 0 Å². The first-order valence-corrected chi connectivity index (χ1v) is 7.63. The molecule has 19 heavy (non-hydrogen) atoms. The predicted octanol–water partition coefficient (Wildman–Crippen LogP) is 1.92. The molecule has 104 valence electrons. The molecular formula is C14H19NO3S. The number of carboxylic acid groups (broad SMARTS) is 1. The number of thioether (sulfide) groups is 1. The molecule has 4 nitrogen and oxygen atoms in total. The zero-order chi connectivity index (χ0) is 13.7. The van der Waals surface area contributed by atoms with Crippen molar-refractivity contribution in [1.29, 1.82) is 0 Å². The molecule has 3 N–H and O–H groups in total. The summed E-state index contributed by atoms with van der Waals surface area (Å²) < 4.78 is 6.00. The number of hydrogen-bond acceptors (Lipinski definition) is 4. The van der Waals surface area contributed by atoms with Crippen LogP contribution in [0.15, 0.2) is 24.3 Å². The van der Waals surface area contributed by atoms with Gasteiger partial charge in [0.1, 0.15) is 17.9 Å². The minimum atomic E-state index is -0.983. The van der Waals surface area contributed by atoms with Gasteiger partial charge in [0.15, 0.2) is 0 Å². The first-order chi connectivity index (χ1) is 9.16. The summed E-state index contributed by atoms with van der Waals surface area (Å²) in [6.07, 6.45) is 2.75. The van der Waals surface area contributed by atoms with Gasteiger partial charge in [0.05, 0.1) is 0 Å². The van der Waals surface area contributed by atoms with Crippen LogP contribution in [0.2, 0.25) is 0 Å². The van der Waals surface area contributed by atoms with Crippen LogP contribution in [-0.4, -0.2) is 34.7 Å². The molecule has 0 aromatic heterocycles. The normalized spacial score (nSPS) is 20.8. The lowest BCUT2D eigenvalue weighted by molar-refractivity contribution is -0.138. The molecule has 1 aliphatic heterocycles. The van der Waals surface area contributed by atoms with Gasteiger partial charge in [0.2, 0.25) is 0 Å². The van der Waals surface area contributed by atoms with E-state index in [9.17, 15) is 4.79 Å². The van der Waals surface area contributed by atoms with E-state index in [1.165, 1.54) is 12.2 Å². The van der Waals surface area contributed by atoms with Gasteiger partial charge in [-0.2, -0.15) is 11.8 Å². The van der Waals surface area contributed by atoms with Crippen molar-refractivity contribution in [1.82, 2.24) is 0 Å². The standard InChI is InChI=1S/C14H19NO3S/c15-12(14(16)17)8-10-4-1-2-6-13(10)18-11-5-3-7-19-9-11/h1-2,4,6,11-12H,3,5,7-9,15H2,(H,16,17). The number of hydrogen-bond donors (Lipinski definition) is 2. The molecule has 1 heterocycles. The summed E-state index contributed by atoms with van der Waals surface area (Å²) in [7, 11) is 0. The molecule has 0 radical (unpaired) electrons. The summed E-state index contributed by atoms with van der Waals surface area (Å²) in [5.41, 5.74) is 6.46. The van der Waals surface area contributed by atoms with Gasteiger partial charge in [-0.3, -0.25) is 4.79 Å². The maximum absolute atomic E-state index is 10.8. The molecule has 0 bridgehead atoms. The molecule has 1 aliphatic rings. The second-order valence-electron chi connectivity index (χ2n) is 4.71. The van der Waals surface area contributed by atoms with E-state index in [1.807, 2.05) is 36.0 Å². The molecule has 1 saturated heterocycles. The number of benzene rings is 1. The molecule has 0 amide bonds. The highest BCUT2D eigenvalue weighted by molar-refractivity contribution is 7.99. The summed E-state index contributed by atoms with van der Waals surface area (Å²) in [5.74, 6) is 1.99. The highest BCUT2D eigenvalue weighted by atomic mass is 32.2. The largest absolute Gasteiger partial charge is 0.489 e. The molecule has 0 aliphatic carbocycles. The Hall–Kier alpha value is -1.20. The first kappa shape index (κ1) is 14.2. The monoisotopic (exact) mass is 281 g/mol. The van der Waals surface area contributed by atoms with E-state index < -0.39 is 12.0 Å². The molecular weight excluding hydrogens is 262 g/mol. The van der Waals surface area contributed by atoms with Crippen molar-refractivity contribution in [3.63, 3.8) is 0 Å². The fourth-order valence-corrected chi connectivity index (χ4v) is 3.13. The van der Waals surface area contributed by atoms with Crippen molar-refractivity contribution in [3.05, 3.63) is 29.8 Å². The van der Waals surface area contributed by atoms with E-state index in [1.54, 1.807) is 0 Å². The number of ether oxygens (including phenoxy) is 1. The summed E-state index contributed by atoms with van der Waals surface area (Å²) >= 11 is 1.90. The third-order valence-electron chi connectivity index (χ3n) is 3.14. The van der Waals surface area contributed by atoms with Crippen LogP contribution in [0.25, 0.3) is 0 Å². The molecule has 0 spiro atoms. The number of rotatable bonds is 5. The maximum atomic E-state index is 10.8. The van der Waals surface area contributed by atoms with Gasteiger partial charge in [-0.05, 0) is 30.2 Å². The SMILES string of the molecule is NC(Cc1ccccc1OC1CCCSC1)C(=O)O. The Kier molecular flexibility index (Phi) is 5.10. The minimum Gasteiger partial charge on any atom is -0.489 e. The molecule has 0 saturated carbocycles. The first-order valence-electron chi connectivity index (χ1n) is 6.47. The van der Waals surface area contributed by atoms with Gasteiger partial charge in [-0.25, -0.2) is 0 Å². The van der Waals surface area contributed by atoms with Crippen LogP contribution < -0.4 is 10.5 Å². The number of aliphatic carboxylic acids is 1. The Labute approximate surface area is 117 Å². The molecule has 1 aromatic carbocycles. The zero-order valence-electron chi connectivity index (χ0n) is 10.7. The van der Waals surface area contributed by atoms with E-state index in [0.717, 1.165) is 23.5 Å². The van der Waals surface area contributed by atoms with E-state index in [0.29, 0.717) is 6.42 Å². The number of carboxylic acids is 1. The Morgan fingerprint density at radius 1 is 1.53 bits per heavy atom. The molecule has 1 fully saturated rings. The fraction of sp³-hybridized carbons (Fsp3) is 0.500. The molecule has 1 aromatic rings. The lowest BCUT2D eigenvalue weighted by atomic mass is 10.1. The van der Waals surface area contributed by atoms with Crippen LogP contribution in [0.5, 0.6) is 5.75 Å². The lowest BCUT2D eigenvalue weighted by Crippen LogP contribution is -2.32. The zero-order valence-corrected chi connectivity index (χ0v) is 11.6. The molecule has 2 rings (SSSR count). The predicted molar refractivity (Wildman–Crippen MR) is 76.7 cm³/mol.